The largest absolute Gasteiger partial charge is 0.334 e. The van der Waals surface area contributed by atoms with E-state index in [1.807, 2.05) is 31.2 Å². The molecule has 2 N–H and O–H groups in total. The number of urea groups is 1. The molecule has 0 saturated heterocycles. The highest BCUT2D eigenvalue weighted by atomic mass is 35.5. The van der Waals surface area contributed by atoms with Crippen LogP contribution in [0.15, 0.2) is 54.6 Å². The maximum Gasteiger partial charge on any atom is 0.319 e. The molecule has 1 heterocycles. The van der Waals surface area contributed by atoms with E-state index in [0.29, 0.717) is 17.3 Å². The van der Waals surface area contributed by atoms with E-state index in [-0.39, 0.29) is 6.03 Å². The first kappa shape index (κ1) is 18.1. The summed E-state index contributed by atoms with van der Waals surface area (Å²) >= 11 is 6.00. The van der Waals surface area contributed by atoms with Crippen molar-refractivity contribution in [3.8, 4) is 5.69 Å². The Bertz CT molecular complexity index is 932. The van der Waals surface area contributed by atoms with Gasteiger partial charge in [0.25, 0.3) is 0 Å². The Hall–Kier alpha value is -2.72. The van der Waals surface area contributed by atoms with Gasteiger partial charge in [0.1, 0.15) is 0 Å². The van der Waals surface area contributed by atoms with Crippen LogP contribution in [0, 0.1) is 20.8 Å². The van der Waals surface area contributed by atoms with E-state index in [4.69, 9.17) is 11.6 Å². The number of aryl methyl sites for hydroxylation is 2. The van der Waals surface area contributed by atoms with Crippen molar-refractivity contribution in [3.05, 3.63) is 82.1 Å². The van der Waals surface area contributed by atoms with Gasteiger partial charge in [-0.3, -0.25) is 0 Å². The lowest BCUT2D eigenvalue weighted by atomic mass is 10.2. The molecule has 4 nitrogen and oxygen atoms in total. The minimum absolute atomic E-state index is 0.250. The van der Waals surface area contributed by atoms with Crippen molar-refractivity contribution in [2.45, 2.75) is 27.3 Å². The number of carbonyl (C=O) groups is 1. The quantitative estimate of drug-likeness (QED) is 0.639. The number of nitrogens with zero attached hydrogens (tertiary/aromatic N) is 1. The SMILES string of the molecule is Cc1ccc(Cl)cc1NC(=O)NCc1cc(C)n(-c2ccccc2)c1C. The standard InChI is InChI=1S/C21H22ClN3O/c1-14-9-10-18(22)12-20(14)24-21(26)23-13-17-11-15(2)25(16(17)3)19-7-5-4-6-8-19/h4-12H,13H2,1-3H3,(H2,23,24,26). The molecule has 2 amide bonds. The summed E-state index contributed by atoms with van der Waals surface area (Å²) in [4.78, 5) is 12.3. The lowest BCUT2D eigenvalue weighted by Gasteiger charge is -2.11. The minimum atomic E-state index is -0.250. The van der Waals surface area contributed by atoms with E-state index in [1.165, 1.54) is 0 Å². The number of hydrogen-bond acceptors (Lipinski definition) is 1. The molecule has 0 fully saturated rings. The molecule has 5 heteroatoms. The molecule has 0 radical (unpaired) electrons. The lowest BCUT2D eigenvalue weighted by molar-refractivity contribution is 0.251. The van der Waals surface area contributed by atoms with Crippen LogP contribution in [0.3, 0.4) is 0 Å². The zero-order valence-corrected chi connectivity index (χ0v) is 15.9. The van der Waals surface area contributed by atoms with Crippen LogP contribution in [0.4, 0.5) is 10.5 Å². The zero-order valence-electron chi connectivity index (χ0n) is 15.1. The van der Waals surface area contributed by atoms with E-state index in [1.54, 1.807) is 12.1 Å². The molecule has 1 aromatic heterocycles. The fourth-order valence-electron chi connectivity index (χ4n) is 3.05. The normalized spacial score (nSPS) is 10.6. The maximum atomic E-state index is 12.3. The number of aromatic nitrogens is 1. The molecule has 0 spiro atoms. The first-order chi connectivity index (χ1) is 12.5. The van der Waals surface area contributed by atoms with Gasteiger partial charge in [-0.2, -0.15) is 0 Å². The topological polar surface area (TPSA) is 46.1 Å². The van der Waals surface area contributed by atoms with E-state index in [2.05, 4.69) is 47.2 Å². The van der Waals surface area contributed by atoms with Gasteiger partial charge in [-0.05, 0) is 62.2 Å². The second kappa shape index (κ2) is 7.67. The summed E-state index contributed by atoms with van der Waals surface area (Å²) in [6.45, 7) is 6.52. The van der Waals surface area contributed by atoms with Crippen LogP contribution in [-0.2, 0) is 6.54 Å². The van der Waals surface area contributed by atoms with Crippen molar-refractivity contribution in [3.63, 3.8) is 0 Å². The van der Waals surface area contributed by atoms with E-state index < -0.39 is 0 Å². The van der Waals surface area contributed by atoms with Crippen LogP contribution in [0.2, 0.25) is 5.02 Å². The smallest absolute Gasteiger partial charge is 0.319 e. The number of anilines is 1. The van der Waals surface area contributed by atoms with Gasteiger partial charge in [0.05, 0.1) is 0 Å². The Morgan fingerprint density at radius 2 is 1.77 bits per heavy atom. The van der Waals surface area contributed by atoms with Crippen LogP contribution in [0.5, 0.6) is 0 Å². The van der Waals surface area contributed by atoms with Crippen molar-refractivity contribution in [2.75, 3.05) is 5.32 Å². The first-order valence-electron chi connectivity index (χ1n) is 8.50. The van der Waals surface area contributed by atoms with Gasteiger partial charge in [-0.1, -0.05) is 35.9 Å². The van der Waals surface area contributed by atoms with Crippen molar-refractivity contribution in [1.29, 1.82) is 0 Å². The van der Waals surface area contributed by atoms with Gasteiger partial charge in [-0.15, -0.1) is 0 Å². The number of para-hydroxylation sites is 1. The molecular formula is C21H22ClN3O. The fourth-order valence-corrected chi connectivity index (χ4v) is 3.23. The molecule has 0 unspecified atom stereocenters. The number of benzene rings is 2. The molecule has 134 valence electrons. The number of carbonyl (C=O) groups excluding carboxylic acids is 1. The number of hydrogen-bond donors (Lipinski definition) is 2. The summed E-state index contributed by atoms with van der Waals surface area (Å²) in [6.07, 6.45) is 0. The number of halogens is 1. The molecule has 3 rings (SSSR count). The second-order valence-corrected chi connectivity index (χ2v) is 6.77. The van der Waals surface area contributed by atoms with E-state index in [0.717, 1.165) is 28.2 Å². The summed E-state index contributed by atoms with van der Waals surface area (Å²) < 4.78 is 2.19. The third kappa shape index (κ3) is 3.92. The molecule has 2 aromatic carbocycles. The molecule has 26 heavy (non-hydrogen) atoms. The van der Waals surface area contributed by atoms with Crippen LogP contribution >= 0.6 is 11.6 Å². The molecule has 0 aliphatic carbocycles. The van der Waals surface area contributed by atoms with Gasteiger partial charge in [0.2, 0.25) is 0 Å². The predicted octanol–water partition coefficient (Wildman–Crippen LogP) is 5.38. The molecular weight excluding hydrogens is 346 g/mol. The Labute approximate surface area is 158 Å². The van der Waals surface area contributed by atoms with Crippen molar-refractivity contribution >= 4 is 23.3 Å². The highest BCUT2D eigenvalue weighted by molar-refractivity contribution is 6.31. The van der Waals surface area contributed by atoms with Gasteiger partial charge >= 0.3 is 6.03 Å². The predicted molar refractivity (Wildman–Crippen MR) is 107 cm³/mol. The molecule has 0 aliphatic rings. The molecule has 3 aromatic rings. The van der Waals surface area contributed by atoms with Gasteiger partial charge < -0.3 is 15.2 Å². The minimum Gasteiger partial charge on any atom is -0.334 e. The van der Waals surface area contributed by atoms with Gasteiger partial charge in [0.15, 0.2) is 0 Å². The van der Waals surface area contributed by atoms with Gasteiger partial charge in [-0.25, -0.2) is 4.79 Å². The Balaban J connectivity index is 1.70. The molecule has 0 atom stereocenters. The summed E-state index contributed by atoms with van der Waals surface area (Å²) in [7, 11) is 0. The molecule has 0 saturated carbocycles. The van der Waals surface area contributed by atoms with Crippen molar-refractivity contribution in [1.82, 2.24) is 9.88 Å². The van der Waals surface area contributed by atoms with Gasteiger partial charge in [0, 0.05) is 34.3 Å². The van der Waals surface area contributed by atoms with Crippen molar-refractivity contribution in [2.24, 2.45) is 0 Å². The monoisotopic (exact) mass is 367 g/mol. The number of amides is 2. The van der Waals surface area contributed by atoms with Crippen LogP contribution in [-0.4, -0.2) is 10.6 Å². The van der Waals surface area contributed by atoms with E-state index in [9.17, 15) is 4.79 Å². The molecule has 0 bridgehead atoms. The lowest BCUT2D eigenvalue weighted by Crippen LogP contribution is -2.28. The summed E-state index contributed by atoms with van der Waals surface area (Å²) in [5.41, 5.74) is 6.14. The summed E-state index contributed by atoms with van der Waals surface area (Å²) in [6, 6.07) is 17.5. The Morgan fingerprint density at radius 1 is 1.04 bits per heavy atom. The Morgan fingerprint density at radius 3 is 2.50 bits per heavy atom. The van der Waals surface area contributed by atoms with Crippen LogP contribution in [0.25, 0.3) is 5.69 Å². The van der Waals surface area contributed by atoms with Crippen molar-refractivity contribution < 1.29 is 4.79 Å². The third-order valence-corrected chi connectivity index (χ3v) is 4.67. The highest BCUT2D eigenvalue weighted by Gasteiger charge is 2.12. The summed E-state index contributed by atoms with van der Waals surface area (Å²) in [5, 5.41) is 6.37. The summed E-state index contributed by atoms with van der Waals surface area (Å²) in [5.74, 6) is 0. The zero-order chi connectivity index (χ0) is 18.7. The molecule has 0 aliphatic heterocycles. The third-order valence-electron chi connectivity index (χ3n) is 4.44. The average molecular weight is 368 g/mol. The fraction of sp³-hybridized carbons (Fsp3) is 0.190. The Kier molecular flexibility index (Phi) is 5.33. The number of nitrogens with one attached hydrogen (secondary N) is 2. The average Bonchev–Trinajstić information content (AvgIpc) is 2.91. The highest BCUT2D eigenvalue weighted by Crippen LogP contribution is 2.21. The number of rotatable bonds is 4. The van der Waals surface area contributed by atoms with Crippen LogP contribution < -0.4 is 10.6 Å². The first-order valence-corrected chi connectivity index (χ1v) is 8.88. The van der Waals surface area contributed by atoms with Crippen LogP contribution in [0.1, 0.15) is 22.5 Å². The maximum absolute atomic E-state index is 12.3. The van der Waals surface area contributed by atoms with E-state index >= 15 is 0 Å². The second-order valence-electron chi connectivity index (χ2n) is 6.33.